The van der Waals surface area contributed by atoms with Crippen molar-refractivity contribution in [2.45, 2.75) is 32.4 Å². The fraction of sp³-hybridized carbons (Fsp3) is 0.455. The zero-order valence-corrected chi connectivity index (χ0v) is 20.3. The monoisotopic (exact) mass is 527 g/mol. The Kier molecular flexibility index (Phi) is 9.13. The molecule has 3 rings (SSSR count). The van der Waals surface area contributed by atoms with Crippen molar-refractivity contribution in [1.82, 2.24) is 15.6 Å². The third-order valence-electron chi connectivity index (χ3n) is 4.89. The van der Waals surface area contributed by atoms with E-state index in [1.54, 1.807) is 13.1 Å². The molecule has 1 fully saturated rings. The molecular formula is C22H31FIN5O. The molecule has 2 aromatic rings. The van der Waals surface area contributed by atoms with Crippen molar-refractivity contribution in [2.75, 3.05) is 32.6 Å². The second-order valence-corrected chi connectivity index (χ2v) is 7.62. The van der Waals surface area contributed by atoms with E-state index in [4.69, 9.17) is 4.74 Å². The van der Waals surface area contributed by atoms with E-state index in [0.717, 1.165) is 17.1 Å². The molecule has 0 amide bonds. The predicted octanol–water partition coefficient (Wildman–Crippen LogP) is 4.12. The molecule has 0 bridgehead atoms. The molecule has 1 saturated carbocycles. The molecule has 8 heteroatoms. The highest BCUT2D eigenvalue weighted by molar-refractivity contribution is 14.0. The SMILES string of the molecule is CN=C(NCc1cccc(N(C)C)n1)NC(C)c1ccc(OCC2CC2)c(F)c1.I. The first-order valence-corrected chi connectivity index (χ1v) is 9.99. The van der Waals surface area contributed by atoms with Crippen LogP contribution in [0.5, 0.6) is 5.75 Å². The van der Waals surface area contributed by atoms with E-state index in [1.165, 1.54) is 18.9 Å². The summed E-state index contributed by atoms with van der Waals surface area (Å²) in [6, 6.07) is 10.9. The van der Waals surface area contributed by atoms with Gasteiger partial charge in [-0.2, -0.15) is 0 Å². The van der Waals surface area contributed by atoms with Crippen LogP contribution in [0.2, 0.25) is 0 Å². The van der Waals surface area contributed by atoms with Crippen molar-refractivity contribution < 1.29 is 9.13 Å². The van der Waals surface area contributed by atoms with Crippen molar-refractivity contribution in [1.29, 1.82) is 0 Å². The number of nitrogens with zero attached hydrogens (tertiary/aromatic N) is 3. The number of benzene rings is 1. The maximum absolute atomic E-state index is 14.4. The second-order valence-electron chi connectivity index (χ2n) is 7.62. The van der Waals surface area contributed by atoms with Gasteiger partial charge in [-0.05, 0) is 55.5 Å². The molecule has 1 aliphatic rings. The van der Waals surface area contributed by atoms with Crippen molar-refractivity contribution >= 4 is 35.8 Å². The summed E-state index contributed by atoms with van der Waals surface area (Å²) in [6.07, 6.45) is 2.36. The largest absolute Gasteiger partial charge is 0.490 e. The van der Waals surface area contributed by atoms with Crippen LogP contribution in [0.4, 0.5) is 10.2 Å². The van der Waals surface area contributed by atoms with Gasteiger partial charge in [-0.15, -0.1) is 24.0 Å². The molecule has 1 aliphatic carbocycles. The lowest BCUT2D eigenvalue weighted by molar-refractivity contribution is 0.285. The Hall–Kier alpha value is -2.10. The van der Waals surface area contributed by atoms with Crippen molar-refractivity contribution in [3.8, 4) is 5.75 Å². The number of hydrogen-bond acceptors (Lipinski definition) is 4. The van der Waals surface area contributed by atoms with E-state index >= 15 is 0 Å². The molecule has 2 N–H and O–H groups in total. The Balaban J connectivity index is 0.00000320. The van der Waals surface area contributed by atoms with Gasteiger partial charge in [-0.3, -0.25) is 4.99 Å². The second kappa shape index (κ2) is 11.3. The number of anilines is 1. The van der Waals surface area contributed by atoms with Crippen LogP contribution in [0.3, 0.4) is 0 Å². The van der Waals surface area contributed by atoms with Gasteiger partial charge in [0.1, 0.15) is 5.82 Å². The zero-order chi connectivity index (χ0) is 20.8. The molecule has 1 atom stereocenters. The lowest BCUT2D eigenvalue weighted by atomic mass is 10.1. The highest BCUT2D eigenvalue weighted by atomic mass is 127. The number of pyridine rings is 1. The third kappa shape index (κ3) is 7.00. The molecule has 0 spiro atoms. The first kappa shape index (κ1) is 24.2. The van der Waals surface area contributed by atoms with Crippen LogP contribution in [0.15, 0.2) is 41.4 Å². The number of aromatic nitrogens is 1. The summed E-state index contributed by atoms with van der Waals surface area (Å²) >= 11 is 0. The van der Waals surface area contributed by atoms with E-state index in [0.29, 0.717) is 30.8 Å². The van der Waals surface area contributed by atoms with Crippen molar-refractivity contribution in [3.63, 3.8) is 0 Å². The van der Waals surface area contributed by atoms with E-state index in [2.05, 4.69) is 20.6 Å². The molecule has 1 unspecified atom stereocenters. The van der Waals surface area contributed by atoms with Crippen molar-refractivity contribution in [3.05, 3.63) is 53.5 Å². The highest BCUT2D eigenvalue weighted by Crippen LogP contribution is 2.30. The minimum atomic E-state index is -0.329. The number of guanidine groups is 1. The molecule has 1 aromatic heterocycles. The smallest absolute Gasteiger partial charge is 0.191 e. The Morgan fingerprint density at radius 3 is 2.70 bits per heavy atom. The Labute approximate surface area is 195 Å². The molecule has 0 saturated heterocycles. The topological polar surface area (TPSA) is 61.8 Å². The van der Waals surface area contributed by atoms with Crippen LogP contribution in [-0.4, -0.2) is 38.7 Å². The van der Waals surface area contributed by atoms with Gasteiger partial charge in [0, 0.05) is 21.1 Å². The van der Waals surface area contributed by atoms with Crippen LogP contribution in [0.1, 0.15) is 37.1 Å². The van der Waals surface area contributed by atoms with Gasteiger partial charge >= 0.3 is 0 Å². The molecule has 6 nitrogen and oxygen atoms in total. The lowest BCUT2D eigenvalue weighted by Crippen LogP contribution is -2.38. The number of ether oxygens (including phenoxy) is 1. The van der Waals surface area contributed by atoms with Gasteiger partial charge in [0.05, 0.1) is 24.9 Å². The fourth-order valence-corrected chi connectivity index (χ4v) is 2.87. The van der Waals surface area contributed by atoms with Gasteiger partial charge < -0.3 is 20.3 Å². The molecule has 0 radical (unpaired) electrons. The Morgan fingerprint density at radius 2 is 2.07 bits per heavy atom. The predicted molar refractivity (Wildman–Crippen MR) is 130 cm³/mol. The molecule has 30 heavy (non-hydrogen) atoms. The Morgan fingerprint density at radius 1 is 1.30 bits per heavy atom. The molecule has 164 valence electrons. The summed E-state index contributed by atoms with van der Waals surface area (Å²) in [5, 5.41) is 6.55. The standard InChI is InChI=1S/C22H30FN5O.HI/c1-15(17-10-11-20(19(23)12-17)29-14-16-8-9-16)26-22(24-2)25-13-18-6-5-7-21(27-18)28(3)4;/h5-7,10-12,15-16H,8-9,13-14H2,1-4H3,(H2,24,25,26);1H. The summed E-state index contributed by atoms with van der Waals surface area (Å²) in [5.74, 6) is 2.12. The summed E-state index contributed by atoms with van der Waals surface area (Å²) in [5.41, 5.74) is 1.74. The van der Waals surface area contributed by atoms with Crippen LogP contribution in [-0.2, 0) is 6.54 Å². The maximum atomic E-state index is 14.4. The van der Waals surface area contributed by atoms with Gasteiger partial charge in [0.2, 0.25) is 0 Å². The number of halogens is 2. The maximum Gasteiger partial charge on any atom is 0.191 e. The molecule has 1 heterocycles. The quantitative estimate of drug-likeness (QED) is 0.308. The van der Waals surface area contributed by atoms with E-state index in [1.807, 2.05) is 50.2 Å². The zero-order valence-electron chi connectivity index (χ0n) is 18.0. The highest BCUT2D eigenvalue weighted by Gasteiger charge is 2.22. The Bertz CT molecular complexity index is 857. The molecule has 0 aliphatic heterocycles. The third-order valence-corrected chi connectivity index (χ3v) is 4.89. The fourth-order valence-electron chi connectivity index (χ4n) is 2.87. The van der Waals surface area contributed by atoms with Crippen LogP contribution in [0.25, 0.3) is 0 Å². The van der Waals surface area contributed by atoms with Crippen LogP contribution >= 0.6 is 24.0 Å². The average molecular weight is 527 g/mol. The first-order valence-electron chi connectivity index (χ1n) is 9.99. The number of nitrogens with one attached hydrogen (secondary N) is 2. The summed E-state index contributed by atoms with van der Waals surface area (Å²) in [6.45, 7) is 3.11. The number of hydrogen-bond donors (Lipinski definition) is 2. The minimum Gasteiger partial charge on any atom is -0.490 e. The minimum absolute atomic E-state index is 0. The molecule has 1 aromatic carbocycles. The van der Waals surface area contributed by atoms with E-state index < -0.39 is 0 Å². The first-order chi connectivity index (χ1) is 14.0. The van der Waals surface area contributed by atoms with Crippen LogP contribution < -0.4 is 20.3 Å². The van der Waals surface area contributed by atoms with Gasteiger partial charge in [0.15, 0.2) is 17.5 Å². The number of rotatable bonds is 8. The van der Waals surface area contributed by atoms with Gasteiger partial charge in [0.25, 0.3) is 0 Å². The lowest BCUT2D eigenvalue weighted by Gasteiger charge is -2.19. The van der Waals surface area contributed by atoms with Crippen LogP contribution in [0, 0.1) is 11.7 Å². The summed E-state index contributed by atoms with van der Waals surface area (Å²) < 4.78 is 19.9. The molecular weight excluding hydrogens is 496 g/mol. The van der Waals surface area contributed by atoms with E-state index in [-0.39, 0.29) is 35.8 Å². The van der Waals surface area contributed by atoms with Gasteiger partial charge in [-0.1, -0.05) is 12.1 Å². The van der Waals surface area contributed by atoms with E-state index in [9.17, 15) is 4.39 Å². The number of aliphatic imine (C=N–C) groups is 1. The van der Waals surface area contributed by atoms with Gasteiger partial charge in [-0.25, -0.2) is 9.37 Å². The normalized spacial score (nSPS) is 14.5. The summed E-state index contributed by atoms with van der Waals surface area (Å²) in [7, 11) is 5.63. The van der Waals surface area contributed by atoms with Crippen molar-refractivity contribution in [2.24, 2.45) is 10.9 Å². The summed E-state index contributed by atoms with van der Waals surface area (Å²) in [4.78, 5) is 10.8. The average Bonchev–Trinajstić information content (AvgIpc) is 3.54.